The molecule has 0 spiro atoms. The van der Waals surface area contributed by atoms with Gasteiger partial charge in [0.2, 0.25) is 0 Å². The lowest BCUT2D eigenvalue weighted by Crippen LogP contribution is -2.48. The maximum atomic E-state index is 12.4. The van der Waals surface area contributed by atoms with E-state index in [2.05, 4.69) is 14.9 Å². The highest BCUT2D eigenvalue weighted by atomic mass is 32.2. The van der Waals surface area contributed by atoms with Crippen LogP contribution in [-0.4, -0.2) is 69.0 Å². The molecule has 0 aromatic heterocycles. The van der Waals surface area contributed by atoms with Crippen molar-refractivity contribution in [3.8, 4) is 0 Å². The molecule has 6 nitrogen and oxygen atoms in total. The second kappa shape index (κ2) is 6.50. The first kappa shape index (κ1) is 15.7. The molecule has 1 aliphatic carbocycles. The molecule has 2 saturated heterocycles. The highest BCUT2D eigenvalue weighted by Gasteiger charge is 2.39. The summed E-state index contributed by atoms with van der Waals surface area (Å²) in [6.45, 7) is 3.65. The molecule has 2 atom stereocenters. The van der Waals surface area contributed by atoms with E-state index in [1.807, 2.05) is 0 Å². The first-order valence-electron chi connectivity index (χ1n) is 8.27. The summed E-state index contributed by atoms with van der Waals surface area (Å²) < 4.78 is 29.2. The van der Waals surface area contributed by atoms with Gasteiger partial charge in [-0.2, -0.15) is 17.4 Å². The minimum Gasteiger partial charge on any atom is -0.314 e. The van der Waals surface area contributed by atoms with E-state index in [1.165, 1.54) is 23.6 Å². The zero-order valence-electron chi connectivity index (χ0n) is 12.9. The van der Waals surface area contributed by atoms with Crippen molar-refractivity contribution in [1.82, 2.24) is 19.2 Å². The SMILES string of the molecule is CN(CCCNC1CC1)S(=O)(=O)NC1CCN2CCCC12. The lowest BCUT2D eigenvalue weighted by atomic mass is 10.1. The Bertz CT molecular complexity index is 452. The predicted octanol–water partition coefficient (Wildman–Crippen LogP) is 0.131. The summed E-state index contributed by atoms with van der Waals surface area (Å²) in [7, 11) is -1.66. The third-order valence-corrected chi connectivity index (χ3v) is 6.58. The smallest absolute Gasteiger partial charge is 0.279 e. The van der Waals surface area contributed by atoms with Gasteiger partial charge in [-0.15, -0.1) is 0 Å². The van der Waals surface area contributed by atoms with Gasteiger partial charge in [0.1, 0.15) is 0 Å². The maximum Gasteiger partial charge on any atom is 0.279 e. The summed E-state index contributed by atoms with van der Waals surface area (Å²) in [6.07, 6.45) is 6.69. The van der Waals surface area contributed by atoms with Crippen molar-refractivity contribution in [2.75, 3.05) is 33.2 Å². The van der Waals surface area contributed by atoms with E-state index in [1.54, 1.807) is 7.05 Å². The zero-order valence-corrected chi connectivity index (χ0v) is 13.7. The Morgan fingerprint density at radius 3 is 2.76 bits per heavy atom. The minimum atomic E-state index is -3.34. The fourth-order valence-corrected chi connectivity index (χ4v) is 4.72. The molecule has 2 heterocycles. The molecule has 0 aromatic carbocycles. The lowest BCUT2D eigenvalue weighted by molar-refractivity contribution is 0.307. The molecule has 3 fully saturated rings. The van der Waals surface area contributed by atoms with Crippen LogP contribution < -0.4 is 10.0 Å². The quantitative estimate of drug-likeness (QED) is 0.625. The molecule has 0 amide bonds. The van der Waals surface area contributed by atoms with Gasteiger partial charge in [0.05, 0.1) is 0 Å². The molecule has 0 radical (unpaired) electrons. The van der Waals surface area contributed by atoms with Crippen LogP contribution in [0.4, 0.5) is 0 Å². The number of hydrogen-bond donors (Lipinski definition) is 2. The second-order valence-corrected chi connectivity index (χ2v) is 8.48. The molecule has 3 aliphatic rings. The van der Waals surface area contributed by atoms with Crippen molar-refractivity contribution in [2.24, 2.45) is 0 Å². The van der Waals surface area contributed by atoms with E-state index in [4.69, 9.17) is 0 Å². The number of fused-ring (bicyclic) bond motifs is 1. The molecule has 0 aromatic rings. The van der Waals surface area contributed by atoms with E-state index < -0.39 is 10.2 Å². The van der Waals surface area contributed by atoms with Crippen molar-refractivity contribution < 1.29 is 8.42 Å². The number of rotatable bonds is 8. The van der Waals surface area contributed by atoms with Crippen LogP contribution in [-0.2, 0) is 10.2 Å². The van der Waals surface area contributed by atoms with Gasteiger partial charge in [-0.05, 0) is 51.6 Å². The minimum absolute atomic E-state index is 0.101. The van der Waals surface area contributed by atoms with Gasteiger partial charge in [-0.1, -0.05) is 0 Å². The maximum absolute atomic E-state index is 12.4. The highest BCUT2D eigenvalue weighted by Crippen LogP contribution is 2.28. The van der Waals surface area contributed by atoms with Crippen LogP contribution in [0.3, 0.4) is 0 Å². The molecule has 3 rings (SSSR count). The van der Waals surface area contributed by atoms with Crippen LogP contribution in [0, 0.1) is 0 Å². The Morgan fingerprint density at radius 1 is 1.19 bits per heavy atom. The highest BCUT2D eigenvalue weighted by molar-refractivity contribution is 7.87. The Hall–Kier alpha value is -0.210. The largest absolute Gasteiger partial charge is 0.314 e. The normalized spacial score (nSPS) is 30.2. The van der Waals surface area contributed by atoms with Crippen molar-refractivity contribution >= 4 is 10.2 Å². The van der Waals surface area contributed by atoms with E-state index >= 15 is 0 Å². The average molecular weight is 316 g/mol. The van der Waals surface area contributed by atoms with E-state index in [-0.39, 0.29) is 6.04 Å². The monoisotopic (exact) mass is 316 g/mol. The summed E-state index contributed by atoms with van der Waals surface area (Å²) in [4.78, 5) is 2.42. The molecular formula is C14H28N4O2S. The molecular weight excluding hydrogens is 288 g/mol. The molecule has 2 aliphatic heterocycles. The number of hydrogen-bond acceptors (Lipinski definition) is 4. The third-order valence-electron chi connectivity index (χ3n) is 4.98. The Kier molecular flexibility index (Phi) is 4.85. The molecule has 1 saturated carbocycles. The van der Waals surface area contributed by atoms with E-state index in [9.17, 15) is 8.42 Å². The van der Waals surface area contributed by atoms with Crippen LogP contribution in [0.25, 0.3) is 0 Å². The van der Waals surface area contributed by atoms with Crippen LogP contribution >= 0.6 is 0 Å². The van der Waals surface area contributed by atoms with Crippen molar-refractivity contribution in [3.05, 3.63) is 0 Å². The summed E-state index contributed by atoms with van der Waals surface area (Å²) in [5.74, 6) is 0. The summed E-state index contributed by atoms with van der Waals surface area (Å²) in [6, 6.07) is 1.21. The molecule has 2 N–H and O–H groups in total. The second-order valence-electron chi connectivity index (χ2n) is 6.67. The van der Waals surface area contributed by atoms with Crippen molar-refractivity contribution in [3.63, 3.8) is 0 Å². The molecule has 122 valence electrons. The van der Waals surface area contributed by atoms with Gasteiger partial charge in [0, 0.05) is 38.3 Å². The molecule has 7 heteroatoms. The first-order valence-corrected chi connectivity index (χ1v) is 9.71. The summed E-state index contributed by atoms with van der Waals surface area (Å²) in [5.41, 5.74) is 0. The van der Waals surface area contributed by atoms with Gasteiger partial charge in [-0.3, -0.25) is 4.90 Å². The predicted molar refractivity (Wildman–Crippen MR) is 83.3 cm³/mol. The summed E-state index contributed by atoms with van der Waals surface area (Å²) >= 11 is 0. The van der Waals surface area contributed by atoms with Gasteiger partial charge in [-0.25, -0.2) is 0 Å². The zero-order chi connectivity index (χ0) is 14.9. The van der Waals surface area contributed by atoms with E-state index in [0.29, 0.717) is 18.6 Å². The van der Waals surface area contributed by atoms with E-state index in [0.717, 1.165) is 38.9 Å². The summed E-state index contributed by atoms with van der Waals surface area (Å²) in [5, 5.41) is 3.42. The Morgan fingerprint density at radius 2 is 2.00 bits per heavy atom. The van der Waals surface area contributed by atoms with Gasteiger partial charge in [0.25, 0.3) is 10.2 Å². The van der Waals surface area contributed by atoms with Crippen LogP contribution in [0.2, 0.25) is 0 Å². The molecule has 2 unspecified atom stereocenters. The van der Waals surface area contributed by atoms with Crippen LogP contribution in [0.1, 0.15) is 38.5 Å². The van der Waals surface area contributed by atoms with Gasteiger partial charge >= 0.3 is 0 Å². The van der Waals surface area contributed by atoms with Gasteiger partial charge in [0.15, 0.2) is 0 Å². The van der Waals surface area contributed by atoms with Crippen molar-refractivity contribution in [2.45, 2.75) is 56.7 Å². The average Bonchev–Trinajstić information content (AvgIpc) is 3.01. The van der Waals surface area contributed by atoms with Crippen LogP contribution in [0.15, 0.2) is 0 Å². The lowest BCUT2D eigenvalue weighted by Gasteiger charge is -2.24. The first-order chi connectivity index (χ1) is 10.1. The molecule has 0 bridgehead atoms. The fraction of sp³-hybridized carbons (Fsp3) is 1.00. The van der Waals surface area contributed by atoms with Gasteiger partial charge < -0.3 is 5.32 Å². The topological polar surface area (TPSA) is 64.7 Å². The Balaban J connectivity index is 1.43. The standard InChI is InChI=1S/C14H28N4O2S/c1-17(9-3-8-15-12-5-6-12)21(19,20)16-13-7-11-18-10-2-4-14(13)18/h12-16H,2-11H2,1H3. The fourth-order valence-electron chi connectivity index (χ4n) is 3.52. The van der Waals surface area contributed by atoms with Crippen LogP contribution in [0.5, 0.6) is 0 Å². The molecule has 21 heavy (non-hydrogen) atoms. The van der Waals surface area contributed by atoms with Crippen molar-refractivity contribution in [1.29, 1.82) is 0 Å². The number of nitrogens with one attached hydrogen (secondary N) is 2. The number of nitrogens with zero attached hydrogens (tertiary/aromatic N) is 2. The Labute approximate surface area is 128 Å². The third kappa shape index (κ3) is 3.96.